The van der Waals surface area contributed by atoms with Crippen LogP contribution in [0.15, 0.2) is 66.9 Å². The summed E-state index contributed by atoms with van der Waals surface area (Å²) in [6.45, 7) is 1.70. The predicted molar refractivity (Wildman–Crippen MR) is 143 cm³/mol. The van der Waals surface area contributed by atoms with Gasteiger partial charge in [-0.25, -0.2) is 0 Å². The second kappa shape index (κ2) is 8.82. The van der Waals surface area contributed by atoms with Gasteiger partial charge in [0.1, 0.15) is 5.15 Å². The molecular weight excluding hydrogens is 475 g/mol. The number of rotatable bonds is 5. The highest BCUT2D eigenvalue weighted by Crippen LogP contribution is 2.44. The maximum Gasteiger partial charge on any atom is 0.374 e. The van der Waals surface area contributed by atoms with Crippen molar-refractivity contribution in [3.8, 4) is 0 Å². The van der Waals surface area contributed by atoms with Gasteiger partial charge in [-0.1, -0.05) is 60.2 Å². The Bertz CT molecular complexity index is 1600. The van der Waals surface area contributed by atoms with Gasteiger partial charge in [-0.15, -0.1) is 0 Å². The lowest BCUT2D eigenvalue weighted by Crippen LogP contribution is -2.40. The van der Waals surface area contributed by atoms with E-state index >= 15 is 0 Å². The first kappa shape index (κ1) is 22.9. The van der Waals surface area contributed by atoms with Crippen LogP contribution in [-0.4, -0.2) is 39.5 Å². The van der Waals surface area contributed by atoms with Gasteiger partial charge in [-0.2, -0.15) is 0 Å². The van der Waals surface area contributed by atoms with Crippen LogP contribution in [-0.2, 0) is 9.59 Å². The molecule has 6 rings (SSSR count). The highest BCUT2D eigenvalue weighted by Gasteiger charge is 2.37. The number of allylic oxidation sites excluding steroid dienone is 1. The summed E-state index contributed by atoms with van der Waals surface area (Å²) in [5.41, 5.74) is 3.62. The number of para-hydroxylation sites is 2. The molecule has 2 amide bonds. The van der Waals surface area contributed by atoms with Crippen LogP contribution in [0.1, 0.15) is 30.0 Å². The number of H-pyrrole nitrogens is 1. The number of aromatic amines is 1. The van der Waals surface area contributed by atoms with Crippen LogP contribution in [0.3, 0.4) is 0 Å². The summed E-state index contributed by atoms with van der Waals surface area (Å²) in [4.78, 5) is 29.5. The number of carbonyl (C=O) groups is 2. The molecule has 2 aromatic heterocycles. The van der Waals surface area contributed by atoms with Gasteiger partial charge < -0.3 is 19.8 Å². The average Bonchev–Trinajstić information content (AvgIpc) is 3.49. The molecule has 180 valence electrons. The molecule has 3 heterocycles. The molecule has 0 saturated carbocycles. The molecule has 1 aliphatic carbocycles. The Kier molecular flexibility index (Phi) is 5.60. The molecule has 4 N–H and O–H groups in total. The van der Waals surface area contributed by atoms with Gasteiger partial charge in [0, 0.05) is 39.7 Å². The van der Waals surface area contributed by atoms with Crippen LogP contribution >= 0.6 is 11.6 Å². The molecule has 0 bridgehead atoms. The monoisotopic (exact) mass is 498 g/mol. The van der Waals surface area contributed by atoms with Crippen LogP contribution < -0.4 is 10.5 Å². The van der Waals surface area contributed by atoms with E-state index in [0.29, 0.717) is 21.9 Å². The highest BCUT2D eigenvalue weighted by atomic mass is 35.5. The fourth-order valence-corrected chi connectivity index (χ4v) is 5.91. The molecule has 7 nitrogen and oxygen atoms in total. The molecule has 0 fully saturated rings. The number of benzene rings is 2. The number of halogens is 1. The maximum atomic E-state index is 13.2. The first-order chi connectivity index (χ1) is 17.4. The van der Waals surface area contributed by atoms with E-state index in [-0.39, 0.29) is 17.7 Å². The van der Waals surface area contributed by atoms with Crippen molar-refractivity contribution < 1.29 is 14.6 Å². The highest BCUT2D eigenvalue weighted by molar-refractivity contribution is 6.52. The van der Waals surface area contributed by atoms with Crippen molar-refractivity contribution in [1.29, 1.82) is 0 Å². The van der Waals surface area contributed by atoms with Crippen LogP contribution in [0.4, 0.5) is 0 Å². The number of nitrogens with one attached hydrogen (secondary N) is 3. The van der Waals surface area contributed by atoms with E-state index in [1.54, 1.807) is 13.0 Å². The number of carbonyl (C=O) groups excluding carboxylic acids is 2. The topological polar surface area (TPSA) is 99.2 Å². The molecule has 0 radical (unpaired) electrons. The molecule has 2 aliphatic rings. The first-order valence-electron chi connectivity index (χ1n) is 12.0. The zero-order valence-electron chi connectivity index (χ0n) is 19.6. The van der Waals surface area contributed by atoms with Crippen LogP contribution in [0, 0.1) is 0 Å². The molecule has 2 atom stereocenters. The van der Waals surface area contributed by atoms with E-state index in [1.807, 2.05) is 59.2 Å². The Morgan fingerprint density at radius 2 is 1.72 bits per heavy atom. The summed E-state index contributed by atoms with van der Waals surface area (Å²) in [5.74, 6) is -0.886. The lowest BCUT2D eigenvalue weighted by molar-refractivity contribution is -0.122. The van der Waals surface area contributed by atoms with Crippen LogP contribution in [0.2, 0.25) is 12.0 Å². The number of fused-ring (bicyclic) bond motifs is 2. The number of amides is 2. The SMILES string of the molecule is CB(O)N[C@H]1C=CC(n2c(Cl)c(C3=C(c4c[nH]c5ccccc45)C(=O)NC3=O)c3ccccc32)CC1. The second-order valence-electron chi connectivity index (χ2n) is 9.31. The van der Waals surface area contributed by atoms with Crippen molar-refractivity contribution in [1.82, 2.24) is 20.1 Å². The predicted octanol–water partition coefficient (Wildman–Crippen LogP) is 4.30. The lowest BCUT2D eigenvalue weighted by Gasteiger charge is -2.26. The van der Waals surface area contributed by atoms with Crippen molar-refractivity contribution in [2.75, 3.05) is 0 Å². The number of hydrogen-bond donors (Lipinski definition) is 4. The van der Waals surface area contributed by atoms with E-state index in [1.165, 1.54) is 0 Å². The second-order valence-corrected chi connectivity index (χ2v) is 9.67. The van der Waals surface area contributed by atoms with Crippen LogP contribution in [0.5, 0.6) is 0 Å². The van der Waals surface area contributed by atoms with Crippen molar-refractivity contribution in [2.24, 2.45) is 0 Å². The Morgan fingerprint density at radius 3 is 2.47 bits per heavy atom. The van der Waals surface area contributed by atoms with E-state index in [4.69, 9.17) is 11.6 Å². The fraction of sp³-hybridized carbons (Fsp3) is 0.185. The van der Waals surface area contributed by atoms with Gasteiger partial charge in [0.15, 0.2) is 0 Å². The molecule has 4 aromatic rings. The zero-order valence-corrected chi connectivity index (χ0v) is 20.3. The van der Waals surface area contributed by atoms with E-state index in [0.717, 1.165) is 34.6 Å². The van der Waals surface area contributed by atoms with Gasteiger partial charge >= 0.3 is 7.05 Å². The third-order valence-electron chi connectivity index (χ3n) is 7.02. The minimum atomic E-state index is -0.591. The average molecular weight is 499 g/mol. The van der Waals surface area contributed by atoms with Crippen molar-refractivity contribution >= 4 is 63.4 Å². The number of imide groups is 1. The smallest absolute Gasteiger partial charge is 0.374 e. The summed E-state index contributed by atoms with van der Waals surface area (Å²) in [6, 6.07) is 15.5. The van der Waals surface area contributed by atoms with Gasteiger partial charge in [-0.3, -0.25) is 14.9 Å². The standard InChI is InChI=1S/C27H24BClN4O3/c1-28(36)32-15-10-12-16(13-11-15)33-21-9-5-3-7-18(21)22(25(33)29)24-23(26(34)31-27(24)35)19-14-30-20-8-4-2-6-17(19)20/h2-10,12,14-16,30,32,36H,11,13H2,1H3,(H,31,34,35)/t15-,16?/m0/s1. The molecule has 1 unspecified atom stereocenters. The molecule has 9 heteroatoms. The molecule has 0 saturated heterocycles. The Balaban J connectivity index is 1.55. The summed E-state index contributed by atoms with van der Waals surface area (Å²) in [6.07, 6.45) is 7.53. The molecule has 0 spiro atoms. The third kappa shape index (κ3) is 3.61. The van der Waals surface area contributed by atoms with E-state index in [9.17, 15) is 14.6 Å². The quantitative estimate of drug-likeness (QED) is 0.187. The van der Waals surface area contributed by atoms with Gasteiger partial charge in [0.2, 0.25) is 0 Å². The maximum absolute atomic E-state index is 13.2. The number of hydrogen-bond acceptors (Lipinski definition) is 4. The van der Waals surface area contributed by atoms with Crippen molar-refractivity contribution in [2.45, 2.75) is 31.7 Å². The molecule has 36 heavy (non-hydrogen) atoms. The minimum Gasteiger partial charge on any atom is -0.437 e. The summed E-state index contributed by atoms with van der Waals surface area (Å²) < 4.78 is 2.04. The first-order valence-corrected chi connectivity index (χ1v) is 12.4. The van der Waals surface area contributed by atoms with Crippen LogP contribution in [0.25, 0.3) is 33.0 Å². The molecule has 1 aliphatic heterocycles. The fourth-order valence-electron chi connectivity index (χ4n) is 5.49. The van der Waals surface area contributed by atoms with E-state index < -0.39 is 18.9 Å². The summed E-state index contributed by atoms with van der Waals surface area (Å²) in [5, 5.41) is 17.4. The minimum absolute atomic E-state index is 0.0273. The van der Waals surface area contributed by atoms with Crippen molar-refractivity contribution in [3.05, 3.63) is 83.2 Å². The third-order valence-corrected chi connectivity index (χ3v) is 7.39. The van der Waals surface area contributed by atoms with E-state index in [2.05, 4.69) is 21.6 Å². The summed E-state index contributed by atoms with van der Waals surface area (Å²) >= 11 is 7.08. The normalized spacial score (nSPS) is 20.1. The number of nitrogens with zero attached hydrogens (tertiary/aromatic N) is 1. The molecular formula is C27H24BClN4O3. The number of aromatic nitrogens is 2. The van der Waals surface area contributed by atoms with Gasteiger partial charge in [0.05, 0.1) is 22.7 Å². The van der Waals surface area contributed by atoms with Gasteiger partial charge in [0.25, 0.3) is 11.8 Å². The Hall–Kier alpha value is -3.59. The zero-order chi connectivity index (χ0) is 25.0. The Morgan fingerprint density at radius 1 is 1.00 bits per heavy atom. The Labute approximate surface area is 213 Å². The molecule has 2 aromatic carbocycles. The summed E-state index contributed by atoms with van der Waals surface area (Å²) in [7, 11) is -0.591. The van der Waals surface area contributed by atoms with Crippen molar-refractivity contribution in [3.63, 3.8) is 0 Å². The largest absolute Gasteiger partial charge is 0.437 e. The lowest BCUT2D eigenvalue weighted by atomic mass is 9.85. The van der Waals surface area contributed by atoms with Gasteiger partial charge in [-0.05, 0) is 31.8 Å².